The molecule has 0 saturated carbocycles. The average molecular weight is 438 g/mol. The second-order valence-corrected chi connectivity index (χ2v) is 7.29. The molecular weight excluding hydrogens is 416 g/mol. The van der Waals surface area contributed by atoms with Crippen LogP contribution < -0.4 is 9.47 Å². The van der Waals surface area contributed by atoms with E-state index < -0.39 is 5.97 Å². The highest BCUT2D eigenvalue weighted by atomic mass is 16.5. The van der Waals surface area contributed by atoms with E-state index in [1.807, 2.05) is 60.7 Å². The van der Waals surface area contributed by atoms with Crippen molar-refractivity contribution in [3.05, 3.63) is 125 Å². The number of carbonyl (C=O) groups is 2. The monoisotopic (exact) mass is 438 g/mol. The highest BCUT2D eigenvalue weighted by Crippen LogP contribution is 2.33. The van der Waals surface area contributed by atoms with Crippen LogP contribution in [-0.2, 0) is 18.0 Å². The Kier molecular flexibility index (Phi) is 7.13. The lowest BCUT2D eigenvalue weighted by Crippen LogP contribution is -2.06. The van der Waals surface area contributed by atoms with Crippen molar-refractivity contribution >= 4 is 12.3 Å². The van der Waals surface area contributed by atoms with Gasteiger partial charge in [0.25, 0.3) is 0 Å². The number of benzene rings is 4. The van der Waals surface area contributed by atoms with E-state index in [0.717, 1.165) is 17.4 Å². The molecule has 0 radical (unpaired) electrons. The summed E-state index contributed by atoms with van der Waals surface area (Å²) in [6, 6.07) is 30.9. The molecule has 0 fully saturated rings. The first kappa shape index (κ1) is 21.8. The maximum atomic E-state index is 12.6. The second kappa shape index (κ2) is 10.8. The van der Waals surface area contributed by atoms with Crippen molar-refractivity contribution in [2.75, 3.05) is 0 Å². The number of aldehydes is 1. The minimum Gasteiger partial charge on any atom is -0.485 e. The van der Waals surface area contributed by atoms with E-state index in [4.69, 9.17) is 14.2 Å². The van der Waals surface area contributed by atoms with E-state index >= 15 is 0 Å². The molecule has 0 unspecified atom stereocenters. The predicted molar refractivity (Wildman–Crippen MR) is 125 cm³/mol. The van der Waals surface area contributed by atoms with Gasteiger partial charge < -0.3 is 14.2 Å². The van der Waals surface area contributed by atoms with Crippen molar-refractivity contribution < 1.29 is 23.8 Å². The molecule has 0 bridgehead atoms. The zero-order valence-electron chi connectivity index (χ0n) is 17.8. The number of esters is 1. The molecule has 0 aromatic heterocycles. The summed E-state index contributed by atoms with van der Waals surface area (Å²) in [6.45, 7) is 0.477. The van der Waals surface area contributed by atoms with Gasteiger partial charge >= 0.3 is 5.97 Å². The largest absolute Gasteiger partial charge is 0.485 e. The summed E-state index contributed by atoms with van der Waals surface area (Å²) >= 11 is 0. The van der Waals surface area contributed by atoms with Crippen LogP contribution in [0.25, 0.3) is 0 Å². The van der Waals surface area contributed by atoms with E-state index in [1.54, 1.807) is 42.5 Å². The Balaban J connectivity index is 1.55. The first-order chi connectivity index (χ1) is 16.2. The predicted octanol–water partition coefficient (Wildman–Crippen LogP) is 6.23. The fourth-order valence-corrected chi connectivity index (χ4v) is 3.15. The molecule has 0 heterocycles. The van der Waals surface area contributed by atoms with E-state index in [-0.39, 0.29) is 6.61 Å². The Morgan fingerprint density at radius 1 is 0.697 bits per heavy atom. The fourth-order valence-electron chi connectivity index (χ4n) is 3.15. The Hall–Kier alpha value is -4.38. The van der Waals surface area contributed by atoms with E-state index in [2.05, 4.69) is 0 Å². The minimum atomic E-state index is -0.460. The van der Waals surface area contributed by atoms with Gasteiger partial charge in [-0.3, -0.25) is 4.79 Å². The van der Waals surface area contributed by atoms with Gasteiger partial charge in [-0.05, 0) is 41.5 Å². The molecule has 0 atom stereocenters. The molecule has 5 heteroatoms. The first-order valence-electron chi connectivity index (χ1n) is 10.5. The number of rotatable bonds is 9. The van der Waals surface area contributed by atoms with Crippen LogP contribution in [-0.4, -0.2) is 12.3 Å². The maximum absolute atomic E-state index is 12.6. The number of hydrogen-bond donors (Lipinski definition) is 0. The van der Waals surface area contributed by atoms with Crippen LogP contribution in [0.5, 0.6) is 17.2 Å². The zero-order chi connectivity index (χ0) is 22.9. The van der Waals surface area contributed by atoms with Gasteiger partial charge in [0.1, 0.15) is 25.2 Å². The van der Waals surface area contributed by atoms with Crippen LogP contribution >= 0.6 is 0 Å². The summed E-state index contributed by atoms with van der Waals surface area (Å²) in [5.41, 5.74) is 2.73. The summed E-state index contributed by atoms with van der Waals surface area (Å²) in [7, 11) is 0. The maximum Gasteiger partial charge on any atom is 0.338 e. The van der Waals surface area contributed by atoms with Crippen molar-refractivity contribution in [2.45, 2.75) is 13.2 Å². The van der Waals surface area contributed by atoms with Crippen molar-refractivity contribution in [2.24, 2.45) is 0 Å². The highest BCUT2D eigenvalue weighted by molar-refractivity contribution is 5.90. The molecule has 0 saturated heterocycles. The van der Waals surface area contributed by atoms with Crippen molar-refractivity contribution in [3.63, 3.8) is 0 Å². The molecule has 0 N–H and O–H groups in total. The Morgan fingerprint density at radius 3 is 2.09 bits per heavy atom. The fraction of sp³-hybridized carbons (Fsp3) is 0.0714. The smallest absolute Gasteiger partial charge is 0.338 e. The van der Waals surface area contributed by atoms with Crippen molar-refractivity contribution in [1.29, 1.82) is 0 Å². The highest BCUT2D eigenvalue weighted by Gasteiger charge is 2.14. The SMILES string of the molecule is O=Cc1cccc(Oc2ccc(C(=O)OCc3ccccc3)cc2OCc2ccccc2)c1. The van der Waals surface area contributed by atoms with Crippen molar-refractivity contribution in [3.8, 4) is 17.2 Å². The van der Waals surface area contributed by atoms with Gasteiger partial charge in [0, 0.05) is 5.56 Å². The van der Waals surface area contributed by atoms with Crippen molar-refractivity contribution in [1.82, 2.24) is 0 Å². The summed E-state index contributed by atoms with van der Waals surface area (Å²) in [5, 5.41) is 0. The van der Waals surface area contributed by atoms with Gasteiger partial charge in [0.2, 0.25) is 0 Å². The number of carbonyl (C=O) groups excluding carboxylic acids is 2. The summed E-state index contributed by atoms with van der Waals surface area (Å²) in [4.78, 5) is 23.7. The van der Waals surface area contributed by atoms with Crippen LogP contribution in [0.15, 0.2) is 103 Å². The molecule has 4 aromatic rings. The van der Waals surface area contributed by atoms with Gasteiger partial charge in [-0.25, -0.2) is 4.79 Å². The molecule has 0 aliphatic heterocycles. The van der Waals surface area contributed by atoms with Gasteiger partial charge in [0.05, 0.1) is 5.56 Å². The molecule has 164 valence electrons. The lowest BCUT2D eigenvalue weighted by molar-refractivity contribution is 0.0472. The molecule has 4 aromatic carbocycles. The van der Waals surface area contributed by atoms with Crippen LogP contribution in [0.1, 0.15) is 31.8 Å². The van der Waals surface area contributed by atoms with Gasteiger partial charge in [-0.2, -0.15) is 0 Å². The van der Waals surface area contributed by atoms with Crippen LogP contribution in [0.2, 0.25) is 0 Å². The minimum absolute atomic E-state index is 0.177. The summed E-state index contributed by atoms with van der Waals surface area (Å²) in [6.07, 6.45) is 0.755. The molecule has 0 spiro atoms. The molecule has 5 nitrogen and oxygen atoms in total. The standard InChI is InChI=1S/C28H22O5/c29-18-23-12-7-13-25(16-23)33-26-15-14-24(28(30)32-20-22-10-5-2-6-11-22)17-27(26)31-19-21-8-3-1-4-9-21/h1-18H,19-20H2. The number of hydrogen-bond acceptors (Lipinski definition) is 5. The van der Waals surface area contributed by atoms with Crippen LogP contribution in [0.3, 0.4) is 0 Å². The van der Waals surface area contributed by atoms with Gasteiger partial charge in [-0.1, -0.05) is 72.8 Å². The molecule has 4 rings (SSSR count). The molecule has 0 aliphatic carbocycles. The molecule has 0 aliphatic rings. The lowest BCUT2D eigenvalue weighted by atomic mass is 10.2. The van der Waals surface area contributed by atoms with E-state index in [1.165, 1.54) is 0 Å². The number of ether oxygens (including phenoxy) is 3. The van der Waals surface area contributed by atoms with Gasteiger partial charge in [0.15, 0.2) is 11.5 Å². The summed E-state index contributed by atoms with van der Waals surface area (Å²) in [5.74, 6) is 0.847. The topological polar surface area (TPSA) is 61.8 Å². The van der Waals surface area contributed by atoms with Crippen LogP contribution in [0, 0.1) is 0 Å². The molecular formula is C28H22O5. The quantitative estimate of drug-likeness (QED) is 0.229. The Bertz CT molecular complexity index is 1220. The third-order valence-corrected chi connectivity index (χ3v) is 4.85. The lowest BCUT2D eigenvalue weighted by Gasteiger charge is -2.14. The van der Waals surface area contributed by atoms with E-state index in [0.29, 0.717) is 35.0 Å². The molecule has 33 heavy (non-hydrogen) atoms. The van der Waals surface area contributed by atoms with Gasteiger partial charge in [-0.15, -0.1) is 0 Å². The zero-order valence-corrected chi connectivity index (χ0v) is 17.8. The Labute approximate surface area is 192 Å². The van der Waals surface area contributed by atoms with Crippen LogP contribution in [0.4, 0.5) is 0 Å². The third kappa shape index (κ3) is 6.08. The first-order valence-corrected chi connectivity index (χ1v) is 10.5. The third-order valence-electron chi connectivity index (χ3n) is 4.85. The normalized spacial score (nSPS) is 10.3. The second-order valence-electron chi connectivity index (χ2n) is 7.29. The summed E-state index contributed by atoms with van der Waals surface area (Å²) < 4.78 is 17.4. The van der Waals surface area contributed by atoms with E-state index in [9.17, 15) is 9.59 Å². The molecule has 0 amide bonds. The average Bonchev–Trinajstić information content (AvgIpc) is 2.88. The Morgan fingerprint density at radius 2 is 1.39 bits per heavy atom.